The third-order valence-electron chi connectivity index (χ3n) is 2.60. The first-order chi connectivity index (χ1) is 8.43. The second-order valence-corrected chi connectivity index (χ2v) is 4.65. The Hall–Kier alpha value is -1.49. The van der Waals surface area contributed by atoms with Gasteiger partial charge in [0.2, 0.25) is 0 Å². The van der Waals surface area contributed by atoms with E-state index in [0.29, 0.717) is 17.1 Å². The molecule has 0 fully saturated rings. The van der Waals surface area contributed by atoms with Crippen LogP contribution >= 0.6 is 11.6 Å². The number of halogens is 1. The Bertz CT molecular complexity index is 443. The zero-order valence-corrected chi connectivity index (χ0v) is 11.2. The highest BCUT2D eigenvalue weighted by atomic mass is 35.5. The van der Waals surface area contributed by atoms with Gasteiger partial charge >= 0.3 is 5.97 Å². The van der Waals surface area contributed by atoms with Crippen molar-refractivity contribution in [1.29, 1.82) is 0 Å². The van der Waals surface area contributed by atoms with Gasteiger partial charge in [-0.15, -0.1) is 0 Å². The summed E-state index contributed by atoms with van der Waals surface area (Å²) in [6.45, 7) is 1.94. The highest BCUT2D eigenvalue weighted by Crippen LogP contribution is 2.13. The third kappa shape index (κ3) is 4.07. The van der Waals surface area contributed by atoms with Gasteiger partial charge in [0.05, 0.1) is 11.4 Å². The molecule has 0 aliphatic rings. The monoisotopic (exact) mass is 272 g/mol. The van der Waals surface area contributed by atoms with Crippen molar-refractivity contribution in [3.8, 4) is 0 Å². The number of hydrogen-bond acceptors (Lipinski definition) is 2. The van der Waals surface area contributed by atoms with Gasteiger partial charge in [-0.3, -0.25) is 9.59 Å². The minimum Gasteiger partial charge on any atom is -0.481 e. The highest BCUT2D eigenvalue weighted by molar-refractivity contribution is 6.31. The van der Waals surface area contributed by atoms with Crippen molar-refractivity contribution >= 4 is 23.5 Å². The lowest BCUT2D eigenvalue weighted by Gasteiger charge is -2.16. The van der Waals surface area contributed by atoms with Crippen LogP contribution in [0.1, 0.15) is 36.7 Å². The minimum absolute atomic E-state index is 0.0717. The number of rotatable bonds is 6. The summed E-state index contributed by atoms with van der Waals surface area (Å²) in [5.74, 6) is -1.22. The van der Waals surface area contributed by atoms with Crippen molar-refractivity contribution in [2.75, 3.05) is 0 Å². The lowest BCUT2D eigenvalue weighted by atomic mass is 10.1. The molecule has 0 aromatic carbocycles. The molecule has 0 saturated heterocycles. The average molecular weight is 273 g/mol. The summed E-state index contributed by atoms with van der Waals surface area (Å²) in [5.41, 5.74) is 0.423. The van der Waals surface area contributed by atoms with E-state index in [-0.39, 0.29) is 18.4 Å². The standard InChI is InChI=1S/C12H17ClN2O3/c1-3-4-9(6-11(16)17)14-12(18)10-5-8(13)7-15(10)2/h5,7,9H,3-4,6H2,1-2H3,(H,14,18)(H,16,17). The number of aliphatic carboxylic acids is 1. The maximum Gasteiger partial charge on any atom is 0.305 e. The van der Waals surface area contributed by atoms with Crippen molar-refractivity contribution < 1.29 is 14.7 Å². The summed E-state index contributed by atoms with van der Waals surface area (Å²) >= 11 is 5.80. The number of carbonyl (C=O) groups is 2. The van der Waals surface area contributed by atoms with Crippen molar-refractivity contribution in [2.45, 2.75) is 32.2 Å². The number of nitrogens with one attached hydrogen (secondary N) is 1. The van der Waals surface area contributed by atoms with Crippen LogP contribution in [0.4, 0.5) is 0 Å². The van der Waals surface area contributed by atoms with Gasteiger partial charge in [0.25, 0.3) is 5.91 Å². The molecular weight excluding hydrogens is 256 g/mol. The topological polar surface area (TPSA) is 71.3 Å². The Morgan fingerprint density at radius 2 is 2.22 bits per heavy atom. The molecule has 1 aromatic heterocycles. The predicted octanol–water partition coefficient (Wildman–Crippen LogP) is 2.05. The Kier molecular flexibility index (Phi) is 5.22. The molecular formula is C12H17ClN2O3. The van der Waals surface area contributed by atoms with Crippen LogP contribution in [0.3, 0.4) is 0 Å². The third-order valence-corrected chi connectivity index (χ3v) is 2.80. The van der Waals surface area contributed by atoms with E-state index in [1.165, 1.54) is 0 Å². The molecule has 100 valence electrons. The van der Waals surface area contributed by atoms with Crippen LogP contribution in [0.25, 0.3) is 0 Å². The molecule has 1 aromatic rings. The van der Waals surface area contributed by atoms with Gasteiger partial charge < -0.3 is 15.0 Å². The molecule has 0 aliphatic heterocycles. The number of carbonyl (C=O) groups excluding carboxylic acids is 1. The molecule has 2 N–H and O–H groups in total. The van der Waals surface area contributed by atoms with Gasteiger partial charge in [-0.1, -0.05) is 24.9 Å². The van der Waals surface area contributed by atoms with Gasteiger partial charge in [-0.2, -0.15) is 0 Å². The number of aryl methyl sites for hydroxylation is 1. The van der Waals surface area contributed by atoms with Crippen LogP contribution < -0.4 is 5.32 Å². The fourth-order valence-corrected chi connectivity index (χ4v) is 2.04. The molecule has 1 atom stereocenters. The van der Waals surface area contributed by atoms with Crippen molar-refractivity contribution in [2.24, 2.45) is 7.05 Å². The highest BCUT2D eigenvalue weighted by Gasteiger charge is 2.18. The summed E-state index contributed by atoms with van der Waals surface area (Å²) in [6, 6.07) is 1.20. The second kappa shape index (κ2) is 6.44. The van der Waals surface area contributed by atoms with Gasteiger partial charge in [-0.05, 0) is 12.5 Å². The predicted molar refractivity (Wildman–Crippen MR) is 68.8 cm³/mol. The van der Waals surface area contributed by atoms with Crippen molar-refractivity contribution in [1.82, 2.24) is 9.88 Å². The molecule has 0 bridgehead atoms. The zero-order chi connectivity index (χ0) is 13.7. The number of amides is 1. The molecule has 0 radical (unpaired) electrons. The molecule has 1 heterocycles. The molecule has 1 amide bonds. The lowest BCUT2D eigenvalue weighted by molar-refractivity contribution is -0.137. The molecule has 18 heavy (non-hydrogen) atoms. The number of carboxylic acids is 1. The van der Waals surface area contributed by atoms with Gasteiger partial charge in [-0.25, -0.2) is 0 Å². The molecule has 5 nitrogen and oxygen atoms in total. The zero-order valence-electron chi connectivity index (χ0n) is 10.4. The summed E-state index contributed by atoms with van der Waals surface area (Å²) in [5, 5.41) is 12.0. The number of carboxylic acid groups (broad SMARTS) is 1. The smallest absolute Gasteiger partial charge is 0.305 e. The first-order valence-electron chi connectivity index (χ1n) is 5.78. The normalized spacial score (nSPS) is 12.2. The summed E-state index contributed by atoms with van der Waals surface area (Å²) in [6.07, 6.45) is 3.00. The van der Waals surface area contributed by atoms with E-state index in [2.05, 4.69) is 5.32 Å². The first-order valence-corrected chi connectivity index (χ1v) is 6.16. The minimum atomic E-state index is -0.918. The van der Waals surface area contributed by atoms with Gasteiger partial charge in [0.1, 0.15) is 5.69 Å². The molecule has 0 spiro atoms. The van der Waals surface area contributed by atoms with E-state index in [9.17, 15) is 9.59 Å². The maximum atomic E-state index is 12.0. The Labute approximate surface area is 111 Å². The quantitative estimate of drug-likeness (QED) is 0.833. The fourth-order valence-electron chi connectivity index (χ4n) is 1.79. The summed E-state index contributed by atoms with van der Waals surface area (Å²) in [4.78, 5) is 22.7. The van der Waals surface area contributed by atoms with Crippen LogP contribution in [0.5, 0.6) is 0 Å². The molecule has 6 heteroatoms. The van der Waals surface area contributed by atoms with Gasteiger partial charge in [0.15, 0.2) is 0 Å². The number of aromatic nitrogens is 1. The van der Waals surface area contributed by atoms with Crippen LogP contribution in [0.2, 0.25) is 5.02 Å². The molecule has 0 aliphatic carbocycles. The molecule has 1 unspecified atom stereocenters. The van der Waals surface area contributed by atoms with E-state index in [1.807, 2.05) is 6.92 Å². The van der Waals surface area contributed by atoms with Crippen LogP contribution in [-0.2, 0) is 11.8 Å². The fraction of sp³-hybridized carbons (Fsp3) is 0.500. The summed E-state index contributed by atoms with van der Waals surface area (Å²) in [7, 11) is 1.72. The SMILES string of the molecule is CCCC(CC(=O)O)NC(=O)c1cc(Cl)cn1C. The second-order valence-electron chi connectivity index (χ2n) is 4.21. The largest absolute Gasteiger partial charge is 0.481 e. The van der Waals surface area contributed by atoms with E-state index in [0.717, 1.165) is 6.42 Å². The molecule has 0 saturated carbocycles. The number of hydrogen-bond donors (Lipinski definition) is 2. The molecule has 1 rings (SSSR count). The Morgan fingerprint density at radius 1 is 1.56 bits per heavy atom. The van der Waals surface area contributed by atoms with E-state index in [1.54, 1.807) is 23.9 Å². The maximum absolute atomic E-state index is 12.0. The Morgan fingerprint density at radius 3 is 2.67 bits per heavy atom. The number of nitrogens with zero attached hydrogens (tertiary/aromatic N) is 1. The lowest BCUT2D eigenvalue weighted by Crippen LogP contribution is -2.37. The van der Waals surface area contributed by atoms with E-state index in [4.69, 9.17) is 16.7 Å². The van der Waals surface area contributed by atoms with Crippen LogP contribution in [0.15, 0.2) is 12.3 Å². The van der Waals surface area contributed by atoms with E-state index < -0.39 is 5.97 Å². The summed E-state index contributed by atoms with van der Waals surface area (Å²) < 4.78 is 1.61. The van der Waals surface area contributed by atoms with Crippen molar-refractivity contribution in [3.63, 3.8) is 0 Å². The average Bonchev–Trinajstić information content (AvgIpc) is 2.57. The Balaban J connectivity index is 2.71. The van der Waals surface area contributed by atoms with E-state index >= 15 is 0 Å². The van der Waals surface area contributed by atoms with Crippen LogP contribution in [-0.4, -0.2) is 27.6 Å². The van der Waals surface area contributed by atoms with Gasteiger partial charge in [0, 0.05) is 19.3 Å². The van der Waals surface area contributed by atoms with Crippen molar-refractivity contribution in [3.05, 3.63) is 23.0 Å². The first kappa shape index (κ1) is 14.6. The van der Waals surface area contributed by atoms with Crippen LogP contribution in [0, 0.1) is 0 Å².